The maximum atomic E-state index is 9.87. The third kappa shape index (κ3) is 3.85. The van der Waals surface area contributed by atoms with Crippen molar-refractivity contribution in [3.63, 3.8) is 0 Å². The molecule has 0 amide bonds. The second-order valence-electron chi connectivity index (χ2n) is 5.12. The fourth-order valence-electron chi connectivity index (χ4n) is 1.98. The van der Waals surface area contributed by atoms with Gasteiger partial charge in [0.1, 0.15) is 18.5 Å². The summed E-state index contributed by atoms with van der Waals surface area (Å²) in [5.41, 5.74) is 0. The SMILES string of the molecule is CC(C)NCC(O)COc1ccc(Cl)c2ccccc12. The lowest BCUT2D eigenvalue weighted by Gasteiger charge is -2.16. The van der Waals surface area contributed by atoms with Crippen LogP contribution in [0.4, 0.5) is 0 Å². The van der Waals surface area contributed by atoms with E-state index in [4.69, 9.17) is 16.3 Å². The topological polar surface area (TPSA) is 41.5 Å². The number of aliphatic hydroxyl groups is 1. The Bertz CT molecular complexity index is 571. The number of aliphatic hydroxyl groups excluding tert-OH is 1. The number of hydrogen-bond donors (Lipinski definition) is 2. The monoisotopic (exact) mass is 293 g/mol. The number of hydrogen-bond acceptors (Lipinski definition) is 3. The highest BCUT2D eigenvalue weighted by molar-refractivity contribution is 6.35. The number of rotatable bonds is 6. The largest absolute Gasteiger partial charge is 0.490 e. The highest BCUT2D eigenvalue weighted by Gasteiger charge is 2.09. The van der Waals surface area contributed by atoms with Gasteiger partial charge in [0, 0.05) is 28.4 Å². The van der Waals surface area contributed by atoms with Crippen molar-refractivity contribution in [1.29, 1.82) is 0 Å². The highest BCUT2D eigenvalue weighted by Crippen LogP contribution is 2.31. The molecule has 2 aromatic rings. The molecule has 0 heterocycles. The minimum absolute atomic E-state index is 0.255. The summed E-state index contributed by atoms with van der Waals surface area (Å²) in [6.07, 6.45) is -0.535. The minimum Gasteiger partial charge on any atom is -0.490 e. The van der Waals surface area contributed by atoms with Gasteiger partial charge in [-0.25, -0.2) is 0 Å². The first kappa shape index (κ1) is 15.1. The molecule has 0 aliphatic carbocycles. The summed E-state index contributed by atoms with van der Waals surface area (Å²) in [6.45, 7) is 4.86. The van der Waals surface area contributed by atoms with E-state index in [-0.39, 0.29) is 6.61 Å². The van der Waals surface area contributed by atoms with Crippen molar-refractivity contribution in [2.75, 3.05) is 13.2 Å². The van der Waals surface area contributed by atoms with E-state index in [0.717, 1.165) is 16.5 Å². The fourth-order valence-corrected chi connectivity index (χ4v) is 2.20. The molecule has 0 saturated carbocycles. The molecule has 0 spiro atoms. The third-order valence-electron chi connectivity index (χ3n) is 3.02. The van der Waals surface area contributed by atoms with E-state index in [1.165, 1.54) is 0 Å². The molecular formula is C16H20ClNO2. The molecule has 20 heavy (non-hydrogen) atoms. The molecule has 4 heteroatoms. The summed E-state index contributed by atoms with van der Waals surface area (Å²) < 4.78 is 5.72. The number of nitrogens with one attached hydrogen (secondary N) is 1. The van der Waals surface area contributed by atoms with E-state index >= 15 is 0 Å². The molecule has 0 radical (unpaired) electrons. The Morgan fingerprint density at radius 1 is 1.15 bits per heavy atom. The van der Waals surface area contributed by atoms with Crippen LogP contribution < -0.4 is 10.1 Å². The van der Waals surface area contributed by atoms with E-state index in [1.807, 2.05) is 50.2 Å². The minimum atomic E-state index is -0.535. The number of benzene rings is 2. The van der Waals surface area contributed by atoms with Gasteiger partial charge in [-0.2, -0.15) is 0 Å². The Hall–Kier alpha value is -1.29. The van der Waals surface area contributed by atoms with E-state index in [2.05, 4.69) is 5.32 Å². The van der Waals surface area contributed by atoms with E-state index in [0.29, 0.717) is 17.6 Å². The van der Waals surface area contributed by atoms with Crippen LogP contribution in [0.25, 0.3) is 10.8 Å². The van der Waals surface area contributed by atoms with Crippen LogP contribution in [0.15, 0.2) is 36.4 Å². The molecule has 108 valence electrons. The number of halogens is 1. The van der Waals surface area contributed by atoms with Crippen LogP contribution in [-0.4, -0.2) is 30.4 Å². The second-order valence-corrected chi connectivity index (χ2v) is 5.53. The Balaban J connectivity index is 2.05. The first-order valence-electron chi connectivity index (χ1n) is 6.79. The standard InChI is InChI=1S/C16H20ClNO2/c1-11(2)18-9-12(19)10-20-16-8-7-15(17)13-5-3-4-6-14(13)16/h3-8,11-12,18-19H,9-10H2,1-2H3. The van der Waals surface area contributed by atoms with Gasteiger partial charge < -0.3 is 15.2 Å². The first-order valence-corrected chi connectivity index (χ1v) is 7.17. The van der Waals surface area contributed by atoms with Crippen LogP contribution in [0.1, 0.15) is 13.8 Å². The van der Waals surface area contributed by atoms with Crippen molar-refractivity contribution in [3.8, 4) is 5.75 Å². The molecule has 0 bridgehead atoms. The van der Waals surface area contributed by atoms with Crippen molar-refractivity contribution >= 4 is 22.4 Å². The van der Waals surface area contributed by atoms with Gasteiger partial charge in [0.2, 0.25) is 0 Å². The molecule has 1 atom stereocenters. The molecule has 0 aromatic heterocycles. The second kappa shape index (κ2) is 6.93. The molecule has 2 rings (SSSR count). The van der Waals surface area contributed by atoms with Gasteiger partial charge >= 0.3 is 0 Å². The van der Waals surface area contributed by atoms with Crippen molar-refractivity contribution in [2.24, 2.45) is 0 Å². The predicted octanol–water partition coefficient (Wildman–Crippen LogP) is 3.23. The van der Waals surface area contributed by atoms with Crippen LogP contribution in [0.3, 0.4) is 0 Å². The zero-order valence-corrected chi connectivity index (χ0v) is 12.5. The molecular weight excluding hydrogens is 274 g/mol. The van der Waals surface area contributed by atoms with E-state index < -0.39 is 6.10 Å². The summed E-state index contributed by atoms with van der Waals surface area (Å²) in [4.78, 5) is 0. The zero-order valence-electron chi connectivity index (χ0n) is 11.8. The molecule has 0 aliphatic rings. The summed E-state index contributed by atoms with van der Waals surface area (Å²) in [5.74, 6) is 0.744. The fraction of sp³-hybridized carbons (Fsp3) is 0.375. The third-order valence-corrected chi connectivity index (χ3v) is 3.35. The van der Waals surface area contributed by atoms with Crippen molar-refractivity contribution in [1.82, 2.24) is 5.32 Å². The highest BCUT2D eigenvalue weighted by atomic mass is 35.5. The molecule has 1 unspecified atom stereocenters. The molecule has 0 aliphatic heterocycles. The Labute approximate surface area is 124 Å². The zero-order chi connectivity index (χ0) is 14.5. The Kier molecular flexibility index (Phi) is 5.24. The van der Waals surface area contributed by atoms with Crippen LogP contribution in [0, 0.1) is 0 Å². The average molecular weight is 294 g/mol. The number of fused-ring (bicyclic) bond motifs is 1. The smallest absolute Gasteiger partial charge is 0.127 e. The quantitative estimate of drug-likeness (QED) is 0.859. The van der Waals surface area contributed by atoms with E-state index in [9.17, 15) is 5.11 Å². The Morgan fingerprint density at radius 3 is 2.55 bits per heavy atom. The van der Waals surface area contributed by atoms with Gasteiger partial charge in [0.15, 0.2) is 0 Å². The maximum Gasteiger partial charge on any atom is 0.127 e. The van der Waals surface area contributed by atoms with Gasteiger partial charge in [0.25, 0.3) is 0 Å². The lowest BCUT2D eigenvalue weighted by atomic mass is 10.1. The van der Waals surface area contributed by atoms with Crippen molar-refractivity contribution in [3.05, 3.63) is 41.4 Å². The van der Waals surface area contributed by atoms with Crippen LogP contribution >= 0.6 is 11.6 Å². The van der Waals surface area contributed by atoms with Gasteiger partial charge in [-0.3, -0.25) is 0 Å². The summed E-state index contributed by atoms with van der Waals surface area (Å²) in [5, 5.41) is 15.7. The van der Waals surface area contributed by atoms with Crippen LogP contribution in [0.5, 0.6) is 5.75 Å². The van der Waals surface area contributed by atoms with E-state index in [1.54, 1.807) is 0 Å². The van der Waals surface area contributed by atoms with Gasteiger partial charge in [0.05, 0.1) is 0 Å². The molecule has 3 nitrogen and oxygen atoms in total. The lowest BCUT2D eigenvalue weighted by Crippen LogP contribution is -2.35. The van der Waals surface area contributed by atoms with Crippen molar-refractivity contribution < 1.29 is 9.84 Å². The predicted molar refractivity (Wildman–Crippen MR) is 83.6 cm³/mol. The lowest BCUT2D eigenvalue weighted by molar-refractivity contribution is 0.105. The van der Waals surface area contributed by atoms with Gasteiger partial charge in [-0.1, -0.05) is 49.7 Å². The average Bonchev–Trinajstić information content (AvgIpc) is 2.45. The summed E-state index contributed by atoms with van der Waals surface area (Å²) in [6, 6.07) is 11.8. The molecule has 0 saturated heterocycles. The molecule has 0 fully saturated rings. The van der Waals surface area contributed by atoms with Crippen LogP contribution in [-0.2, 0) is 0 Å². The summed E-state index contributed by atoms with van der Waals surface area (Å²) in [7, 11) is 0. The number of ether oxygens (including phenoxy) is 1. The molecule has 2 aromatic carbocycles. The Morgan fingerprint density at radius 2 is 1.85 bits per heavy atom. The van der Waals surface area contributed by atoms with Gasteiger partial charge in [-0.05, 0) is 12.1 Å². The van der Waals surface area contributed by atoms with Crippen molar-refractivity contribution in [2.45, 2.75) is 26.0 Å². The maximum absolute atomic E-state index is 9.87. The summed E-state index contributed by atoms with van der Waals surface area (Å²) >= 11 is 6.16. The first-order chi connectivity index (χ1) is 9.58. The van der Waals surface area contributed by atoms with Gasteiger partial charge in [-0.15, -0.1) is 0 Å². The normalized spacial score (nSPS) is 12.8. The molecule has 2 N–H and O–H groups in total. The van der Waals surface area contributed by atoms with Crippen LogP contribution in [0.2, 0.25) is 5.02 Å².